The van der Waals surface area contributed by atoms with Gasteiger partial charge in [0.1, 0.15) is 5.82 Å². The number of rotatable bonds is 3. The first-order valence-corrected chi connectivity index (χ1v) is 7.59. The Morgan fingerprint density at radius 1 is 1.35 bits per heavy atom. The molecular formula is C15H18N4S. The zero-order chi connectivity index (χ0) is 14.3. The highest BCUT2D eigenvalue weighted by Crippen LogP contribution is 2.26. The van der Waals surface area contributed by atoms with E-state index in [4.69, 9.17) is 10.7 Å². The number of anilines is 1. The zero-order valence-electron chi connectivity index (χ0n) is 11.9. The van der Waals surface area contributed by atoms with Crippen molar-refractivity contribution in [1.29, 1.82) is 0 Å². The molecule has 0 aliphatic heterocycles. The second-order valence-electron chi connectivity index (χ2n) is 5.32. The summed E-state index contributed by atoms with van der Waals surface area (Å²) in [7, 11) is 0. The number of thiazole rings is 1. The SMILES string of the molecule is Cc1ncsc1Cn1c(C(C)C)nc2cc(N)ccc21. The minimum Gasteiger partial charge on any atom is -0.399 e. The molecule has 0 aliphatic rings. The van der Waals surface area contributed by atoms with Crippen LogP contribution < -0.4 is 5.73 Å². The molecule has 2 heterocycles. The number of nitrogens with zero attached hydrogens (tertiary/aromatic N) is 3. The Balaban J connectivity index is 2.16. The fourth-order valence-electron chi connectivity index (χ4n) is 2.39. The van der Waals surface area contributed by atoms with Crippen LogP contribution in [0.2, 0.25) is 0 Å². The summed E-state index contributed by atoms with van der Waals surface area (Å²) in [6.45, 7) is 7.21. The predicted molar refractivity (Wildman–Crippen MR) is 84.2 cm³/mol. The van der Waals surface area contributed by atoms with E-state index in [9.17, 15) is 0 Å². The van der Waals surface area contributed by atoms with E-state index in [0.29, 0.717) is 5.92 Å². The first-order chi connectivity index (χ1) is 9.56. The van der Waals surface area contributed by atoms with Crippen molar-refractivity contribution in [1.82, 2.24) is 14.5 Å². The van der Waals surface area contributed by atoms with Gasteiger partial charge in [0.25, 0.3) is 0 Å². The maximum Gasteiger partial charge on any atom is 0.112 e. The van der Waals surface area contributed by atoms with E-state index in [1.165, 1.54) is 4.88 Å². The molecule has 0 amide bonds. The van der Waals surface area contributed by atoms with Gasteiger partial charge in [-0.3, -0.25) is 0 Å². The number of nitrogens with two attached hydrogens (primary N) is 1. The molecule has 104 valence electrons. The zero-order valence-corrected chi connectivity index (χ0v) is 12.7. The highest BCUT2D eigenvalue weighted by atomic mass is 32.1. The maximum absolute atomic E-state index is 5.86. The Labute approximate surface area is 122 Å². The molecule has 0 spiro atoms. The molecule has 3 rings (SSSR count). The molecule has 0 saturated heterocycles. The van der Waals surface area contributed by atoms with Crippen LogP contribution in [0, 0.1) is 6.92 Å². The predicted octanol–water partition coefficient (Wildman–Crippen LogP) is 3.56. The first-order valence-electron chi connectivity index (χ1n) is 6.71. The largest absolute Gasteiger partial charge is 0.399 e. The summed E-state index contributed by atoms with van der Waals surface area (Å²) in [5.74, 6) is 1.47. The molecule has 0 aliphatic carbocycles. The molecule has 1 aromatic carbocycles. The van der Waals surface area contributed by atoms with E-state index in [0.717, 1.165) is 34.8 Å². The molecule has 0 bridgehead atoms. The average molecular weight is 286 g/mol. The summed E-state index contributed by atoms with van der Waals surface area (Å²) in [5, 5.41) is 0. The molecule has 2 N–H and O–H groups in total. The van der Waals surface area contributed by atoms with E-state index in [2.05, 4.69) is 36.4 Å². The average Bonchev–Trinajstić information content (AvgIpc) is 2.95. The Morgan fingerprint density at radius 3 is 2.80 bits per heavy atom. The number of aromatic nitrogens is 3. The topological polar surface area (TPSA) is 56.7 Å². The quantitative estimate of drug-likeness (QED) is 0.749. The molecule has 2 aromatic heterocycles. The van der Waals surface area contributed by atoms with Gasteiger partial charge < -0.3 is 10.3 Å². The van der Waals surface area contributed by atoms with E-state index < -0.39 is 0 Å². The fraction of sp³-hybridized carbons (Fsp3) is 0.333. The van der Waals surface area contributed by atoms with Gasteiger partial charge in [-0.1, -0.05) is 13.8 Å². The van der Waals surface area contributed by atoms with Crippen LogP contribution in [0.1, 0.15) is 36.2 Å². The number of hydrogen-bond donors (Lipinski definition) is 1. The summed E-state index contributed by atoms with van der Waals surface area (Å²) in [4.78, 5) is 10.4. The lowest BCUT2D eigenvalue weighted by Gasteiger charge is -2.10. The third-order valence-electron chi connectivity index (χ3n) is 3.46. The lowest BCUT2D eigenvalue weighted by Crippen LogP contribution is -2.06. The van der Waals surface area contributed by atoms with Crippen molar-refractivity contribution in [2.24, 2.45) is 0 Å². The monoisotopic (exact) mass is 286 g/mol. The molecule has 0 fully saturated rings. The minimum absolute atomic E-state index is 0.372. The van der Waals surface area contributed by atoms with Crippen molar-refractivity contribution >= 4 is 28.1 Å². The smallest absolute Gasteiger partial charge is 0.112 e. The van der Waals surface area contributed by atoms with Crippen molar-refractivity contribution in [3.8, 4) is 0 Å². The maximum atomic E-state index is 5.86. The standard InChI is InChI=1S/C15H18N4S/c1-9(2)15-18-12-6-11(16)4-5-13(12)19(15)7-14-10(3)17-8-20-14/h4-6,8-9H,7,16H2,1-3H3. The third kappa shape index (κ3) is 2.18. The molecule has 0 radical (unpaired) electrons. The van der Waals surface area contributed by atoms with E-state index in [-0.39, 0.29) is 0 Å². The van der Waals surface area contributed by atoms with Crippen LogP contribution in [0.25, 0.3) is 11.0 Å². The van der Waals surface area contributed by atoms with Gasteiger partial charge in [0.05, 0.1) is 28.8 Å². The van der Waals surface area contributed by atoms with Crippen molar-refractivity contribution in [2.45, 2.75) is 33.2 Å². The summed E-state index contributed by atoms with van der Waals surface area (Å²) >= 11 is 1.70. The van der Waals surface area contributed by atoms with E-state index in [1.807, 2.05) is 17.6 Å². The lowest BCUT2D eigenvalue weighted by atomic mass is 10.2. The van der Waals surface area contributed by atoms with Crippen LogP contribution in [0.4, 0.5) is 5.69 Å². The summed E-state index contributed by atoms with van der Waals surface area (Å²) in [5.41, 5.74) is 11.7. The van der Waals surface area contributed by atoms with Gasteiger partial charge in [0, 0.05) is 16.5 Å². The molecule has 0 atom stereocenters. The summed E-state index contributed by atoms with van der Waals surface area (Å²) in [6.07, 6.45) is 0. The van der Waals surface area contributed by atoms with Gasteiger partial charge in [0.2, 0.25) is 0 Å². The van der Waals surface area contributed by atoms with Crippen molar-refractivity contribution in [3.05, 3.63) is 40.1 Å². The summed E-state index contributed by atoms with van der Waals surface area (Å²) < 4.78 is 2.28. The van der Waals surface area contributed by atoms with Crippen molar-refractivity contribution in [3.63, 3.8) is 0 Å². The number of aryl methyl sites for hydroxylation is 1. The van der Waals surface area contributed by atoms with Crippen LogP contribution in [-0.2, 0) is 6.54 Å². The lowest BCUT2D eigenvalue weighted by molar-refractivity contribution is 0.685. The number of hydrogen-bond acceptors (Lipinski definition) is 4. The van der Waals surface area contributed by atoms with Crippen LogP contribution in [0.15, 0.2) is 23.7 Å². The molecule has 0 saturated carbocycles. The van der Waals surface area contributed by atoms with Gasteiger partial charge >= 0.3 is 0 Å². The number of imidazole rings is 1. The highest BCUT2D eigenvalue weighted by Gasteiger charge is 2.15. The number of fused-ring (bicyclic) bond motifs is 1. The van der Waals surface area contributed by atoms with Crippen LogP contribution in [0.3, 0.4) is 0 Å². The van der Waals surface area contributed by atoms with Crippen molar-refractivity contribution < 1.29 is 0 Å². The molecule has 5 heteroatoms. The third-order valence-corrected chi connectivity index (χ3v) is 4.38. The van der Waals surface area contributed by atoms with Gasteiger partial charge in [-0.25, -0.2) is 9.97 Å². The van der Waals surface area contributed by atoms with Crippen LogP contribution >= 0.6 is 11.3 Å². The van der Waals surface area contributed by atoms with Gasteiger partial charge in [-0.05, 0) is 25.1 Å². The number of nitrogen functional groups attached to an aromatic ring is 1. The normalized spacial score (nSPS) is 11.6. The van der Waals surface area contributed by atoms with E-state index in [1.54, 1.807) is 11.3 Å². The van der Waals surface area contributed by atoms with Gasteiger partial charge in [-0.2, -0.15) is 0 Å². The molecule has 4 nitrogen and oxygen atoms in total. The highest BCUT2D eigenvalue weighted by molar-refractivity contribution is 7.09. The number of benzene rings is 1. The summed E-state index contributed by atoms with van der Waals surface area (Å²) in [6, 6.07) is 5.93. The van der Waals surface area contributed by atoms with Crippen LogP contribution in [0.5, 0.6) is 0 Å². The Morgan fingerprint density at radius 2 is 2.15 bits per heavy atom. The first kappa shape index (κ1) is 13.1. The molecule has 3 aromatic rings. The molecular weight excluding hydrogens is 268 g/mol. The molecule has 0 unspecified atom stereocenters. The molecule has 20 heavy (non-hydrogen) atoms. The van der Waals surface area contributed by atoms with Crippen molar-refractivity contribution in [2.75, 3.05) is 5.73 Å². The van der Waals surface area contributed by atoms with E-state index >= 15 is 0 Å². The second kappa shape index (κ2) is 4.90. The van der Waals surface area contributed by atoms with Crippen LogP contribution in [-0.4, -0.2) is 14.5 Å². The minimum atomic E-state index is 0.372. The Hall–Kier alpha value is -1.88. The van der Waals surface area contributed by atoms with Gasteiger partial charge in [0.15, 0.2) is 0 Å². The Bertz CT molecular complexity index is 754. The Kier molecular flexibility index (Phi) is 3.22. The van der Waals surface area contributed by atoms with Gasteiger partial charge in [-0.15, -0.1) is 11.3 Å². The second-order valence-corrected chi connectivity index (χ2v) is 6.26. The fourth-order valence-corrected chi connectivity index (χ4v) is 3.16.